The van der Waals surface area contributed by atoms with Crippen LogP contribution in [-0.2, 0) is 17.8 Å². The van der Waals surface area contributed by atoms with Crippen molar-refractivity contribution in [2.75, 3.05) is 0 Å². The van der Waals surface area contributed by atoms with Crippen molar-refractivity contribution < 1.29 is 9.18 Å². The van der Waals surface area contributed by atoms with Crippen LogP contribution in [0, 0.1) is 5.82 Å². The maximum absolute atomic E-state index is 13.7. The van der Waals surface area contributed by atoms with E-state index in [1.54, 1.807) is 18.2 Å². The number of aromatic nitrogens is 2. The summed E-state index contributed by atoms with van der Waals surface area (Å²) in [5.74, 6) is 0.386. The third-order valence-corrected chi connectivity index (χ3v) is 4.65. The number of benzene rings is 3. The minimum absolute atomic E-state index is 0.130. The molecular formula is C23H20FN3O. The molecule has 4 aromatic rings. The molecule has 0 atom stereocenters. The van der Waals surface area contributed by atoms with Crippen LogP contribution in [0.2, 0.25) is 0 Å². The zero-order valence-electron chi connectivity index (χ0n) is 15.3. The third-order valence-electron chi connectivity index (χ3n) is 4.65. The first-order chi connectivity index (χ1) is 13.7. The number of carbonyl (C=O) groups excluding carboxylic acids is 1. The molecule has 0 aliphatic carbocycles. The Bertz CT molecular complexity index is 1110. The van der Waals surface area contributed by atoms with Crippen molar-refractivity contribution in [2.45, 2.75) is 19.4 Å². The van der Waals surface area contributed by atoms with E-state index in [-0.39, 0.29) is 24.7 Å². The summed E-state index contributed by atoms with van der Waals surface area (Å²) in [6, 6.07) is 24.4. The molecular weight excluding hydrogens is 353 g/mol. The first-order valence-electron chi connectivity index (χ1n) is 9.24. The van der Waals surface area contributed by atoms with E-state index in [9.17, 15) is 9.18 Å². The number of imidazole rings is 1. The van der Waals surface area contributed by atoms with E-state index in [1.165, 1.54) is 6.07 Å². The fourth-order valence-corrected chi connectivity index (χ4v) is 3.26. The van der Waals surface area contributed by atoms with Crippen LogP contribution >= 0.6 is 0 Å². The Morgan fingerprint density at radius 1 is 0.929 bits per heavy atom. The van der Waals surface area contributed by atoms with E-state index < -0.39 is 0 Å². The van der Waals surface area contributed by atoms with Crippen LogP contribution in [0.25, 0.3) is 16.7 Å². The summed E-state index contributed by atoms with van der Waals surface area (Å²) in [5, 5.41) is 2.79. The summed E-state index contributed by atoms with van der Waals surface area (Å²) < 4.78 is 15.8. The molecule has 0 aliphatic heterocycles. The van der Waals surface area contributed by atoms with Crippen LogP contribution in [-0.4, -0.2) is 15.5 Å². The number of nitrogens with one attached hydrogen (secondary N) is 1. The number of amides is 1. The molecule has 3 aromatic carbocycles. The molecule has 0 unspecified atom stereocenters. The Balaban J connectivity index is 1.50. The van der Waals surface area contributed by atoms with Crippen LogP contribution in [0.4, 0.5) is 4.39 Å². The van der Waals surface area contributed by atoms with E-state index in [0.29, 0.717) is 12.0 Å². The van der Waals surface area contributed by atoms with Crippen LogP contribution < -0.4 is 5.32 Å². The maximum atomic E-state index is 13.7. The highest BCUT2D eigenvalue weighted by Crippen LogP contribution is 2.22. The van der Waals surface area contributed by atoms with Gasteiger partial charge in [0.05, 0.1) is 11.0 Å². The molecule has 0 fully saturated rings. The summed E-state index contributed by atoms with van der Waals surface area (Å²) >= 11 is 0. The Morgan fingerprint density at radius 3 is 2.46 bits per heavy atom. The molecule has 4 rings (SSSR count). The molecule has 0 spiro atoms. The highest BCUT2D eigenvalue weighted by Gasteiger charge is 2.13. The SMILES string of the molecule is O=C(CCc1nc2ccccc2n1-c1ccccc1)NCc1ccccc1F. The van der Waals surface area contributed by atoms with E-state index in [0.717, 1.165) is 22.5 Å². The van der Waals surface area contributed by atoms with Crippen molar-refractivity contribution in [3.63, 3.8) is 0 Å². The summed E-state index contributed by atoms with van der Waals surface area (Å²) in [5.41, 5.74) is 3.40. The lowest BCUT2D eigenvalue weighted by Crippen LogP contribution is -2.24. The normalized spacial score (nSPS) is 10.9. The topological polar surface area (TPSA) is 46.9 Å². The van der Waals surface area contributed by atoms with Crippen molar-refractivity contribution in [2.24, 2.45) is 0 Å². The smallest absolute Gasteiger partial charge is 0.220 e. The van der Waals surface area contributed by atoms with Gasteiger partial charge in [-0.1, -0.05) is 48.5 Å². The summed E-state index contributed by atoms with van der Waals surface area (Å²) in [6.45, 7) is 0.181. The maximum Gasteiger partial charge on any atom is 0.220 e. The molecule has 0 bridgehead atoms. The summed E-state index contributed by atoms with van der Waals surface area (Å²) in [4.78, 5) is 17.0. The first kappa shape index (κ1) is 17.9. The Kier molecular flexibility index (Phi) is 5.15. The molecule has 4 nitrogen and oxygen atoms in total. The minimum Gasteiger partial charge on any atom is -0.352 e. The van der Waals surface area contributed by atoms with Crippen molar-refractivity contribution in [3.8, 4) is 5.69 Å². The Labute approximate surface area is 162 Å². The van der Waals surface area contributed by atoms with Gasteiger partial charge in [0.2, 0.25) is 5.91 Å². The van der Waals surface area contributed by atoms with E-state index in [2.05, 4.69) is 9.88 Å². The molecule has 1 amide bonds. The van der Waals surface area contributed by atoms with Crippen LogP contribution in [0.3, 0.4) is 0 Å². The van der Waals surface area contributed by atoms with Crippen molar-refractivity contribution in [1.29, 1.82) is 0 Å². The molecule has 0 saturated carbocycles. The molecule has 1 heterocycles. The van der Waals surface area contributed by atoms with E-state index in [1.807, 2.05) is 54.6 Å². The van der Waals surface area contributed by atoms with Gasteiger partial charge >= 0.3 is 0 Å². The zero-order valence-corrected chi connectivity index (χ0v) is 15.3. The van der Waals surface area contributed by atoms with Crippen LogP contribution in [0.1, 0.15) is 17.8 Å². The molecule has 0 radical (unpaired) electrons. The van der Waals surface area contributed by atoms with Gasteiger partial charge in [-0.25, -0.2) is 9.37 Å². The molecule has 1 aromatic heterocycles. The number of hydrogen-bond acceptors (Lipinski definition) is 2. The standard InChI is InChI=1S/C23H20FN3O/c24-19-11-5-4-8-17(19)16-25-23(28)15-14-22-26-20-12-6-7-13-21(20)27(22)18-9-2-1-3-10-18/h1-13H,14-16H2,(H,25,28). The van der Waals surface area contributed by atoms with E-state index >= 15 is 0 Å². The van der Waals surface area contributed by atoms with Crippen molar-refractivity contribution in [1.82, 2.24) is 14.9 Å². The molecule has 1 N–H and O–H groups in total. The predicted molar refractivity (Wildman–Crippen MR) is 108 cm³/mol. The van der Waals surface area contributed by atoms with Gasteiger partial charge in [0.15, 0.2) is 0 Å². The fourth-order valence-electron chi connectivity index (χ4n) is 3.26. The Morgan fingerprint density at radius 2 is 1.64 bits per heavy atom. The van der Waals surface area contributed by atoms with Gasteiger partial charge in [0.1, 0.15) is 11.6 Å². The highest BCUT2D eigenvalue weighted by molar-refractivity contribution is 5.79. The van der Waals surface area contributed by atoms with Gasteiger partial charge in [0.25, 0.3) is 0 Å². The summed E-state index contributed by atoms with van der Waals surface area (Å²) in [7, 11) is 0. The van der Waals surface area contributed by atoms with Crippen LogP contribution in [0.15, 0.2) is 78.9 Å². The third kappa shape index (κ3) is 3.78. The molecule has 0 saturated heterocycles. The average Bonchev–Trinajstić information content (AvgIpc) is 3.10. The van der Waals surface area contributed by atoms with Crippen molar-refractivity contribution in [3.05, 3.63) is 96.1 Å². The second-order valence-corrected chi connectivity index (χ2v) is 6.56. The number of halogens is 1. The van der Waals surface area contributed by atoms with Gasteiger partial charge in [-0.15, -0.1) is 0 Å². The summed E-state index contributed by atoms with van der Waals surface area (Å²) in [6.07, 6.45) is 0.775. The van der Waals surface area contributed by atoms with Crippen molar-refractivity contribution >= 4 is 16.9 Å². The second-order valence-electron chi connectivity index (χ2n) is 6.56. The Hall–Kier alpha value is -3.47. The predicted octanol–water partition coefficient (Wildman–Crippen LogP) is 4.41. The number of para-hydroxylation sites is 3. The number of nitrogens with zero attached hydrogens (tertiary/aromatic N) is 2. The number of hydrogen-bond donors (Lipinski definition) is 1. The minimum atomic E-state index is -0.311. The number of fused-ring (bicyclic) bond motifs is 1. The quantitative estimate of drug-likeness (QED) is 0.544. The zero-order chi connectivity index (χ0) is 19.3. The lowest BCUT2D eigenvalue weighted by molar-refractivity contribution is -0.121. The van der Waals surface area contributed by atoms with Gasteiger partial charge in [0, 0.05) is 30.6 Å². The molecule has 28 heavy (non-hydrogen) atoms. The van der Waals surface area contributed by atoms with Gasteiger partial charge in [-0.3, -0.25) is 9.36 Å². The monoisotopic (exact) mass is 373 g/mol. The largest absolute Gasteiger partial charge is 0.352 e. The number of carbonyl (C=O) groups is 1. The lowest BCUT2D eigenvalue weighted by Gasteiger charge is -2.10. The molecule has 0 aliphatic rings. The van der Waals surface area contributed by atoms with Gasteiger partial charge < -0.3 is 5.32 Å². The molecule has 5 heteroatoms. The molecule has 140 valence electrons. The number of aryl methyl sites for hydroxylation is 1. The average molecular weight is 373 g/mol. The fraction of sp³-hybridized carbons (Fsp3) is 0.130. The van der Waals surface area contributed by atoms with Crippen LogP contribution in [0.5, 0.6) is 0 Å². The lowest BCUT2D eigenvalue weighted by atomic mass is 10.2. The van der Waals surface area contributed by atoms with Gasteiger partial charge in [-0.2, -0.15) is 0 Å². The highest BCUT2D eigenvalue weighted by atomic mass is 19.1. The first-order valence-corrected chi connectivity index (χ1v) is 9.24. The number of rotatable bonds is 6. The second kappa shape index (κ2) is 8.05. The van der Waals surface area contributed by atoms with E-state index in [4.69, 9.17) is 4.98 Å². The van der Waals surface area contributed by atoms with Gasteiger partial charge in [-0.05, 0) is 30.3 Å².